The number of nitrogens with one attached hydrogen (secondary N) is 1. The number of anilines is 2. The standard InChI is InChI=1S/C18H12ClF3N6/c1-10-25-17-14(6-12(19)7-24-17)28(10)16-9-23-8-15(27-16)26-13-4-2-11(3-5-13)18(20,21)22/h2-9H,1H3,(H,26,27). The summed E-state index contributed by atoms with van der Waals surface area (Å²) in [6, 6.07) is 6.39. The number of alkyl halides is 3. The highest BCUT2D eigenvalue weighted by Crippen LogP contribution is 2.30. The lowest BCUT2D eigenvalue weighted by atomic mass is 10.2. The average molecular weight is 405 g/mol. The second-order valence-corrected chi connectivity index (χ2v) is 6.39. The molecule has 0 aliphatic rings. The lowest BCUT2D eigenvalue weighted by Gasteiger charge is -2.10. The molecule has 10 heteroatoms. The van der Waals surface area contributed by atoms with Crippen LogP contribution in [0.3, 0.4) is 0 Å². The Kier molecular flexibility index (Phi) is 4.38. The van der Waals surface area contributed by atoms with Crippen molar-refractivity contribution < 1.29 is 13.2 Å². The summed E-state index contributed by atoms with van der Waals surface area (Å²) in [4.78, 5) is 17.2. The number of fused-ring (bicyclic) bond motifs is 1. The molecule has 0 aliphatic heterocycles. The molecule has 142 valence electrons. The summed E-state index contributed by atoms with van der Waals surface area (Å²) in [5.74, 6) is 1.49. The smallest absolute Gasteiger partial charge is 0.339 e. The van der Waals surface area contributed by atoms with Crippen molar-refractivity contribution in [3.63, 3.8) is 0 Å². The van der Waals surface area contributed by atoms with Crippen molar-refractivity contribution in [2.75, 3.05) is 5.32 Å². The van der Waals surface area contributed by atoms with Crippen LogP contribution in [0, 0.1) is 6.92 Å². The predicted octanol–water partition coefficient (Wildman–Crippen LogP) is 4.93. The molecule has 0 radical (unpaired) electrons. The van der Waals surface area contributed by atoms with E-state index in [1.54, 1.807) is 23.8 Å². The molecule has 4 aromatic rings. The summed E-state index contributed by atoms with van der Waals surface area (Å²) >= 11 is 6.04. The van der Waals surface area contributed by atoms with Crippen molar-refractivity contribution in [3.05, 3.63) is 65.3 Å². The maximum absolute atomic E-state index is 12.7. The van der Waals surface area contributed by atoms with Crippen LogP contribution >= 0.6 is 11.6 Å². The van der Waals surface area contributed by atoms with Gasteiger partial charge in [-0.2, -0.15) is 13.2 Å². The molecular formula is C18H12ClF3N6. The number of benzene rings is 1. The van der Waals surface area contributed by atoms with E-state index >= 15 is 0 Å². The molecule has 0 saturated carbocycles. The second-order valence-electron chi connectivity index (χ2n) is 5.95. The van der Waals surface area contributed by atoms with E-state index in [-0.39, 0.29) is 0 Å². The molecule has 1 N–H and O–H groups in total. The first-order valence-electron chi connectivity index (χ1n) is 8.08. The quantitative estimate of drug-likeness (QED) is 0.524. The van der Waals surface area contributed by atoms with Gasteiger partial charge in [0.2, 0.25) is 0 Å². The number of hydrogen-bond acceptors (Lipinski definition) is 5. The van der Waals surface area contributed by atoms with Crippen molar-refractivity contribution in [3.8, 4) is 5.82 Å². The van der Waals surface area contributed by atoms with Crippen LogP contribution in [0.4, 0.5) is 24.7 Å². The normalized spacial score (nSPS) is 11.8. The van der Waals surface area contributed by atoms with Crippen molar-refractivity contribution in [1.29, 1.82) is 0 Å². The average Bonchev–Trinajstić information content (AvgIpc) is 2.96. The highest BCUT2D eigenvalue weighted by atomic mass is 35.5. The number of imidazole rings is 1. The van der Waals surface area contributed by atoms with Crippen LogP contribution in [0.5, 0.6) is 0 Å². The third kappa shape index (κ3) is 3.48. The Balaban J connectivity index is 1.67. The van der Waals surface area contributed by atoms with Crippen molar-refractivity contribution >= 4 is 34.3 Å². The molecule has 0 saturated heterocycles. The maximum atomic E-state index is 12.7. The Morgan fingerprint density at radius 1 is 1.04 bits per heavy atom. The van der Waals surface area contributed by atoms with Crippen LogP contribution in [0.15, 0.2) is 48.9 Å². The number of aryl methyl sites for hydroxylation is 1. The highest BCUT2D eigenvalue weighted by molar-refractivity contribution is 6.31. The number of nitrogens with zero attached hydrogens (tertiary/aromatic N) is 5. The van der Waals surface area contributed by atoms with E-state index in [0.717, 1.165) is 12.1 Å². The number of halogens is 4. The lowest BCUT2D eigenvalue weighted by Crippen LogP contribution is -2.05. The molecule has 0 atom stereocenters. The van der Waals surface area contributed by atoms with Crippen LogP contribution in [-0.2, 0) is 6.18 Å². The Bertz CT molecular complexity index is 1150. The molecule has 0 aliphatic carbocycles. The summed E-state index contributed by atoms with van der Waals surface area (Å²) in [5, 5.41) is 3.41. The highest BCUT2D eigenvalue weighted by Gasteiger charge is 2.29. The minimum atomic E-state index is -4.38. The first kappa shape index (κ1) is 18.2. The van der Waals surface area contributed by atoms with Gasteiger partial charge in [-0.15, -0.1) is 0 Å². The van der Waals surface area contributed by atoms with Gasteiger partial charge in [-0.3, -0.25) is 9.55 Å². The van der Waals surface area contributed by atoms with Crippen molar-refractivity contribution in [2.24, 2.45) is 0 Å². The van der Waals surface area contributed by atoms with E-state index in [0.29, 0.717) is 39.3 Å². The van der Waals surface area contributed by atoms with Gasteiger partial charge < -0.3 is 5.32 Å². The van der Waals surface area contributed by atoms with E-state index < -0.39 is 11.7 Å². The summed E-state index contributed by atoms with van der Waals surface area (Å²) in [5.41, 5.74) is 0.926. The molecule has 1 aromatic carbocycles. The maximum Gasteiger partial charge on any atom is 0.416 e. The number of rotatable bonds is 3. The molecule has 6 nitrogen and oxygen atoms in total. The van der Waals surface area contributed by atoms with Gasteiger partial charge in [-0.05, 0) is 37.3 Å². The SMILES string of the molecule is Cc1nc2ncc(Cl)cc2n1-c1cncc(Nc2ccc(C(F)(F)F)cc2)n1. The van der Waals surface area contributed by atoms with Crippen LogP contribution in [0.1, 0.15) is 11.4 Å². The van der Waals surface area contributed by atoms with Crippen LogP contribution in [-0.4, -0.2) is 24.5 Å². The van der Waals surface area contributed by atoms with Crippen molar-refractivity contribution in [2.45, 2.75) is 13.1 Å². The molecule has 0 spiro atoms. The number of aromatic nitrogens is 5. The fourth-order valence-electron chi connectivity index (χ4n) is 2.75. The van der Waals surface area contributed by atoms with Gasteiger partial charge >= 0.3 is 6.18 Å². The number of hydrogen-bond donors (Lipinski definition) is 1. The van der Waals surface area contributed by atoms with Gasteiger partial charge in [-0.1, -0.05) is 11.6 Å². The second kappa shape index (κ2) is 6.75. The Labute approximate surface area is 162 Å². The zero-order valence-electron chi connectivity index (χ0n) is 14.4. The summed E-state index contributed by atoms with van der Waals surface area (Å²) in [6.45, 7) is 1.80. The third-order valence-electron chi connectivity index (χ3n) is 3.98. The van der Waals surface area contributed by atoms with Gasteiger partial charge in [0.1, 0.15) is 5.82 Å². The summed E-state index contributed by atoms with van der Waals surface area (Å²) < 4.78 is 39.8. The minimum absolute atomic E-state index is 0.369. The molecule has 0 unspecified atom stereocenters. The summed E-state index contributed by atoms with van der Waals surface area (Å²) in [7, 11) is 0. The zero-order valence-corrected chi connectivity index (χ0v) is 15.1. The first-order chi connectivity index (χ1) is 13.3. The minimum Gasteiger partial charge on any atom is -0.339 e. The van der Waals surface area contributed by atoms with Crippen molar-refractivity contribution in [1.82, 2.24) is 24.5 Å². The molecule has 3 heterocycles. The lowest BCUT2D eigenvalue weighted by molar-refractivity contribution is -0.137. The monoisotopic (exact) mass is 404 g/mol. The van der Waals surface area contributed by atoms with Gasteiger partial charge in [0.25, 0.3) is 0 Å². The molecule has 4 rings (SSSR count). The van der Waals surface area contributed by atoms with E-state index in [1.165, 1.54) is 24.5 Å². The first-order valence-corrected chi connectivity index (χ1v) is 8.46. The van der Waals surface area contributed by atoms with E-state index in [9.17, 15) is 13.2 Å². The zero-order chi connectivity index (χ0) is 19.9. The molecule has 28 heavy (non-hydrogen) atoms. The van der Waals surface area contributed by atoms with Gasteiger partial charge in [-0.25, -0.2) is 15.0 Å². The fourth-order valence-corrected chi connectivity index (χ4v) is 2.91. The van der Waals surface area contributed by atoms with Crippen LogP contribution < -0.4 is 5.32 Å². The largest absolute Gasteiger partial charge is 0.416 e. The molecular weight excluding hydrogens is 393 g/mol. The Morgan fingerprint density at radius 3 is 2.50 bits per heavy atom. The van der Waals surface area contributed by atoms with Gasteiger partial charge in [0.15, 0.2) is 17.3 Å². The third-order valence-corrected chi connectivity index (χ3v) is 4.19. The fraction of sp³-hybridized carbons (Fsp3) is 0.111. The predicted molar refractivity (Wildman–Crippen MR) is 98.9 cm³/mol. The topological polar surface area (TPSA) is 68.5 Å². The van der Waals surface area contributed by atoms with Crippen LogP contribution in [0.2, 0.25) is 5.02 Å². The molecule has 0 bridgehead atoms. The van der Waals surface area contributed by atoms with E-state index in [2.05, 4.69) is 25.3 Å². The summed E-state index contributed by atoms with van der Waals surface area (Å²) in [6.07, 6.45) is 0.149. The molecule has 3 aromatic heterocycles. The molecule has 0 amide bonds. The van der Waals surface area contributed by atoms with Crippen LogP contribution in [0.25, 0.3) is 17.0 Å². The van der Waals surface area contributed by atoms with E-state index in [4.69, 9.17) is 11.6 Å². The molecule has 0 fully saturated rings. The van der Waals surface area contributed by atoms with Gasteiger partial charge in [0, 0.05) is 11.9 Å². The Hall–Kier alpha value is -3.20. The van der Waals surface area contributed by atoms with Gasteiger partial charge in [0.05, 0.1) is 28.5 Å². The number of pyridine rings is 1. The van der Waals surface area contributed by atoms with E-state index in [1.807, 2.05) is 0 Å². The Morgan fingerprint density at radius 2 is 1.79 bits per heavy atom.